The van der Waals surface area contributed by atoms with Crippen LogP contribution in [0.25, 0.3) is 0 Å². The van der Waals surface area contributed by atoms with Crippen LogP contribution < -0.4 is 5.11 Å². The van der Waals surface area contributed by atoms with Crippen LogP contribution in [-0.4, -0.2) is 70.3 Å². The van der Waals surface area contributed by atoms with Crippen molar-refractivity contribution in [3.8, 4) is 0 Å². The Bertz CT molecular complexity index is 431. The van der Waals surface area contributed by atoms with Crippen molar-refractivity contribution < 1.29 is 39.8 Å². The van der Waals surface area contributed by atoms with Gasteiger partial charge in [-0.15, -0.1) is 0 Å². The quantitative estimate of drug-likeness (QED) is 0.235. The first-order chi connectivity index (χ1) is 14.5. The number of carbonyl (C=O) groups is 1. The number of carboxylic acid groups (broad SMARTS) is 1. The molecule has 0 unspecified atom stereocenters. The fraction of sp³-hybridized carbons (Fsp3) is 0.955. The molecule has 0 aliphatic carbocycles. The van der Waals surface area contributed by atoms with E-state index in [2.05, 4.69) is 0 Å². The molecule has 0 saturated carbocycles. The smallest absolute Gasteiger partial charge is 0.186 e. The fourth-order valence-corrected chi connectivity index (χ4v) is 3.72. The second-order valence-corrected chi connectivity index (χ2v) is 8.29. The van der Waals surface area contributed by atoms with E-state index in [0.29, 0.717) is 6.61 Å². The van der Waals surface area contributed by atoms with Gasteiger partial charge in [0.2, 0.25) is 0 Å². The topological polar surface area (TPSA) is 140 Å². The third kappa shape index (κ3) is 11.6. The molecule has 0 aromatic heterocycles. The molecule has 0 aromatic carbocycles. The van der Waals surface area contributed by atoms with E-state index in [9.17, 15) is 25.2 Å². The van der Waals surface area contributed by atoms with Crippen LogP contribution in [0.2, 0.25) is 0 Å². The molecule has 8 heteroatoms. The number of aliphatic carboxylic acids is 1. The number of aliphatic hydroxyl groups is 4. The van der Waals surface area contributed by atoms with E-state index in [1.807, 2.05) is 0 Å². The van der Waals surface area contributed by atoms with Crippen LogP contribution in [0.4, 0.5) is 0 Å². The van der Waals surface area contributed by atoms with Crippen LogP contribution in [0.15, 0.2) is 0 Å². The van der Waals surface area contributed by atoms with Crippen molar-refractivity contribution in [1.29, 1.82) is 0 Å². The normalized spacial score (nSPS) is 26.7. The number of rotatable bonds is 18. The van der Waals surface area contributed by atoms with Gasteiger partial charge in [0.25, 0.3) is 0 Å². The lowest BCUT2D eigenvalue weighted by atomic mass is 9.99. The Kier molecular flexibility index (Phi) is 15.3. The van der Waals surface area contributed by atoms with Crippen molar-refractivity contribution in [1.82, 2.24) is 0 Å². The average Bonchev–Trinajstić information content (AvgIpc) is 2.73. The first-order valence-electron chi connectivity index (χ1n) is 11.6. The molecule has 8 nitrogen and oxygen atoms in total. The van der Waals surface area contributed by atoms with Crippen LogP contribution >= 0.6 is 0 Å². The summed E-state index contributed by atoms with van der Waals surface area (Å²) in [7, 11) is 0. The molecule has 1 fully saturated rings. The Labute approximate surface area is 180 Å². The highest BCUT2D eigenvalue weighted by molar-refractivity contribution is 5.63. The minimum atomic E-state index is -1.39. The van der Waals surface area contributed by atoms with Crippen LogP contribution in [0.1, 0.15) is 89.9 Å². The van der Waals surface area contributed by atoms with E-state index < -0.39 is 43.3 Å². The van der Waals surface area contributed by atoms with Gasteiger partial charge in [0.15, 0.2) is 6.29 Å². The molecule has 1 saturated heterocycles. The number of hydrogen-bond acceptors (Lipinski definition) is 8. The van der Waals surface area contributed by atoms with E-state index in [0.717, 1.165) is 38.5 Å². The Hall–Kier alpha value is -0.770. The molecular weight excluding hydrogens is 392 g/mol. The van der Waals surface area contributed by atoms with Crippen LogP contribution in [0.3, 0.4) is 0 Å². The summed E-state index contributed by atoms with van der Waals surface area (Å²) < 4.78 is 10.8. The third-order valence-corrected chi connectivity index (χ3v) is 5.66. The number of carboxylic acids is 1. The lowest BCUT2D eigenvalue weighted by Crippen LogP contribution is -2.59. The predicted octanol–water partition coefficient (Wildman–Crippen LogP) is 1.01. The molecule has 1 heterocycles. The maximum Gasteiger partial charge on any atom is 0.186 e. The van der Waals surface area contributed by atoms with Crippen molar-refractivity contribution in [2.75, 3.05) is 13.2 Å². The number of unbranched alkanes of at least 4 members (excludes halogenated alkanes) is 12. The van der Waals surface area contributed by atoms with Gasteiger partial charge in [-0.25, -0.2) is 0 Å². The largest absolute Gasteiger partial charge is 0.550 e. The average molecular weight is 434 g/mol. The molecular formula is C22H41O8-. The molecule has 4 N–H and O–H groups in total. The predicted molar refractivity (Wildman–Crippen MR) is 109 cm³/mol. The molecule has 0 spiro atoms. The zero-order chi connectivity index (χ0) is 22.2. The van der Waals surface area contributed by atoms with E-state index in [-0.39, 0.29) is 6.42 Å². The van der Waals surface area contributed by atoms with Gasteiger partial charge in [-0.05, 0) is 19.3 Å². The van der Waals surface area contributed by atoms with Crippen molar-refractivity contribution in [2.45, 2.75) is 121 Å². The highest BCUT2D eigenvalue weighted by atomic mass is 16.7. The summed E-state index contributed by atoms with van der Waals surface area (Å²) in [5.74, 6) is -0.948. The van der Waals surface area contributed by atoms with Gasteiger partial charge in [-0.3, -0.25) is 0 Å². The van der Waals surface area contributed by atoms with Crippen molar-refractivity contribution in [3.05, 3.63) is 0 Å². The summed E-state index contributed by atoms with van der Waals surface area (Å²) in [6.45, 7) is -0.0544. The number of ether oxygens (including phenoxy) is 2. The van der Waals surface area contributed by atoms with Gasteiger partial charge in [0, 0.05) is 12.6 Å². The van der Waals surface area contributed by atoms with E-state index in [4.69, 9.17) is 14.6 Å². The van der Waals surface area contributed by atoms with Crippen LogP contribution in [-0.2, 0) is 14.3 Å². The van der Waals surface area contributed by atoms with Gasteiger partial charge >= 0.3 is 0 Å². The molecule has 0 aromatic rings. The second-order valence-electron chi connectivity index (χ2n) is 8.29. The second kappa shape index (κ2) is 16.9. The van der Waals surface area contributed by atoms with Crippen LogP contribution in [0, 0.1) is 0 Å². The molecule has 30 heavy (non-hydrogen) atoms. The molecule has 5 atom stereocenters. The zero-order valence-corrected chi connectivity index (χ0v) is 18.1. The Balaban J connectivity index is 1.87. The third-order valence-electron chi connectivity index (χ3n) is 5.66. The lowest BCUT2D eigenvalue weighted by molar-refractivity contribution is -0.305. The summed E-state index contributed by atoms with van der Waals surface area (Å²) in [6.07, 6.45) is 8.47. The van der Waals surface area contributed by atoms with Gasteiger partial charge in [0.05, 0.1) is 6.61 Å². The fourth-order valence-electron chi connectivity index (χ4n) is 3.72. The first kappa shape index (κ1) is 27.3. The Morgan fingerprint density at radius 1 is 0.733 bits per heavy atom. The molecule has 1 aliphatic rings. The minimum absolute atomic E-state index is 0.180. The van der Waals surface area contributed by atoms with E-state index in [1.54, 1.807) is 0 Å². The van der Waals surface area contributed by atoms with Crippen LogP contribution in [0.5, 0.6) is 0 Å². The maximum atomic E-state index is 10.3. The van der Waals surface area contributed by atoms with Gasteiger partial charge < -0.3 is 39.8 Å². The van der Waals surface area contributed by atoms with Crippen molar-refractivity contribution in [3.63, 3.8) is 0 Å². The molecule has 178 valence electrons. The summed E-state index contributed by atoms with van der Waals surface area (Å²) in [6, 6.07) is 0. The molecule has 1 aliphatic heterocycles. The number of hydrogen-bond donors (Lipinski definition) is 4. The monoisotopic (exact) mass is 433 g/mol. The lowest BCUT2D eigenvalue weighted by Gasteiger charge is -2.39. The molecule has 0 radical (unpaired) electrons. The van der Waals surface area contributed by atoms with Crippen molar-refractivity contribution >= 4 is 5.97 Å². The van der Waals surface area contributed by atoms with Gasteiger partial charge in [-0.1, -0.05) is 70.6 Å². The zero-order valence-electron chi connectivity index (χ0n) is 18.1. The van der Waals surface area contributed by atoms with Crippen molar-refractivity contribution in [2.24, 2.45) is 0 Å². The minimum Gasteiger partial charge on any atom is -0.550 e. The SMILES string of the molecule is O=C([O-])CCCCCCCCCCCCCCCO[C@@H]1O[C@H](CO)[C@@H](O)[C@H](O)[C@H]1O. The highest BCUT2D eigenvalue weighted by Gasteiger charge is 2.43. The first-order valence-corrected chi connectivity index (χ1v) is 11.6. The maximum absolute atomic E-state index is 10.3. The van der Waals surface area contributed by atoms with Gasteiger partial charge in [-0.2, -0.15) is 0 Å². The summed E-state index contributed by atoms with van der Waals surface area (Å²) in [4.78, 5) is 10.3. The highest BCUT2D eigenvalue weighted by Crippen LogP contribution is 2.22. The number of aliphatic hydroxyl groups excluding tert-OH is 4. The molecule has 0 amide bonds. The molecule has 1 rings (SSSR count). The Morgan fingerprint density at radius 3 is 1.67 bits per heavy atom. The van der Waals surface area contributed by atoms with E-state index >= 15 is 0 Å². The molecule has 0 bridgehead atoms. The summed E-state index contributed by atoms with van der Waals surface area (Å²) in [5.41, 5.74) is 0. The van der Waals surface area contributed by atoms with Gasteiger partial charge in [0.1, 0.15) is 24.4 Å². The number of carbonyl (C=O) groups excluding carboxylic acids is 1. The van der Waals surface area contributed by atoms with E-state index in [1.165, 1.54) is 44.9 Å². The standard InChI is InChI=1S/C22H42O8/c23-16-17-19(26)20(27)21(28)22(30-17)29-15-13-11-9-7-5-3-1-2-4-6-8-10-12-14-18(24)25/h17,19-23,26-28H,1-16H2,(H,24,25)/p-1/t17-,19-,20+,21-,22-/m1/s1. The summed E-state index contributed by atoms with van der Waals surface area (Å²) >= 11 is 0. The Morgan fingerprint density at radius 2 is 1.20 bits per heavy atom. The summed E-state index contributed by atoms with van der Waals surface area (Å²) in [5, 5.41) is 48.8.